The number of nitrogens with zero attached hydrogens (tertiary/aromatic N) is 2. The van der Waals surface area contributed by atoms with Crippen molar-refractivity contribution in [3.63, 3.8) is 0 Å². The van der Waals surface area contributed by atoms with E-state index in [1.807, 2.05) is 17.0 Å². The SMILES string of the molecule is CC(C)C#Cc1ccc([C@H]2[C@H]3CN(C(=O)c4ccc(F)cc4)CCCCN3[C@H]2CO)cc1. The van der Waals surface area contributed by atoms with Gasteiger partial charge < -0.3 is 10.0 Å². The van der Waals surface area contributed by atoms with E-state index in [2.05, 4.69) is 42.7 Å². The van der Waals surface area contributed by atoms with Gasteiger partial charge in [-0.05, 0) is 61.3 Å². The maximum Gasteiger partial charge on any atom is 0.253 e. The smallest absolute Gasteiger partial charge is 0.253 e. The molecular weight excluding hydrogens is 403 g/mol. The van der Waals surface area contributed by atoms with E-state index in [1.165, 1.54) is 17.7 Å². The average molecular weight is 435 g/mol. The first-order valence-electron chi connectivity index (χ1n) is 11.5. The fourth-order valence-electron chi connectivity index (χ4n) is 4.92. The molecular formula is C27H31FN2O2. The number of fused-ring (bicyclic) bond motifs is 1. The molecule has 2 aromatic rings. The summed E-state index contributed by atoms with van der Waals surface area (Å²) in [6.07, 6.45) is 1.90. The van der Waals surface area contributed by atoms with E-state index >= 15 is 0 Å². The molecule has 0 aromatic heterocycles. The number of carbonyl (C=O) groups excluding carboxylic acids is 1. The molecule has 2 aliphatic rings. The van der Waals surface area contributed by atoms with Crippen LogP contribution in [0.2, 0.25) is 0 Å². The number of aliphatic hydroxyl groups is 1. The van der Waals surface area contributed by atoms with Gasteiger partial charge in [-0.2, -0.15) is 0 Å². The normalized spacial score (nSPS) is 23.4. The molecule has 2 aromatic carbocycles. The summed E-state index contributed by atoms with van der Waals surface area (Å²) in [5, 5.41) is 10.1. The van der Waals surface area contributed by atoms with Gasteiger partial charge in [0.1, 0.15) is 5.82 Å². The Morgan fingerprint density at radius 1 is 1.09 bits per heavy atom. The molecule has 2 fully saturated rings. The van der Waals surface area contributed by atoms with Crippen molar-refractivity contribution in [2.75, 3.05) is 26.2 Å². The first-order valence-corrected chi connectivity index (χ1v) is 11.5. The zero-order valence-electron chi connectivity index (χ0n) is 18.8. The van der Waals surface area contributed by atoms with Crippen molar-refractivity contribution < 1.29 is 14.3 Å². The van der Waals surface area contributed by atoms with Crippen LogP contribution in [0.15, 0.2) is 48.5 Å². The van der Waals surface area contributed by atoms with E-state index in [1.54, 1.807) is 12.1 Å². The molecule has 2 saturated heterocycles. The van der Waals surface area contributed by atoms with Crippen LogP contribution in [0.1, 0.15) is 54.1 Å². The summed E-state index contributed by atoms with van der Waals surface area (Å²) in [4.78, 5) is 17.4. The third kappa shape index (κ3) is 4.72. The lowest BCUT2D eigenvalue weighted by Gasteiger charge is -2.57. The van der Waals surface area contributed by atoms with Crippen LogP contribution >= 0.6 is 0 Å². The van der Waals surface area contributed by atoms with E-state index < -0.39 is 0 Å². The Morgan fingerprint density at radius 3 is 2.44 bits per heavy atom. The highest BCUT2D eigenvalue weighted by atomic mass is 19.1. The molecule has 0 bridgehead atoms. The largest absolute Gasteiger partial charge is 0.395 e. The van der Waals surface area contributed by atoms with Gasteiger partial charge in [-0.25, -0.2) is 4.39 Å². The molecule has 4 rings (SSSR count). The van der Waals surface area contributed by atoms with Crippen molar-refractivity contribution >= 4 is 5.91 Å². The van der Waals surface area contributed by atoms with Gasteiger partial charge in [0.05, 0.1) is 6.61 Å². The molecule has 2 heterocycles. The van der Waals surface area contributed by atoms with Gasteiger partial charge >= 0.3 is 0 Å². The molecule has 0 spiro atoms. The third-order valence-electron chi connectivity index (χ3n) is 6.55. The molecule has 0 saturated carbocycles. The summed E-state index contributed by atoms with van der Waals surface area (Å²) in [5.74, 6) is 6.48. The Hall–Kier alpha value is -2.68. The number of aliphatic hydroxyl groups excluding tert-OH is 1. The van der Waals surface area contributed by atoms with Crippen LogP contribution in [0.3, 0.4) is 0 Å². The minimum absolute atomic E-state index is 0.0580. The zero-order chi connectivity index (χ0) is 22.7. The quantitative estimate of drug-likeness (QED) is 0.746. The molecule has 0 radical (unpaired) electrons. The highest BCUT2D eigenvalue weighted by molar-refractivity contribution is 5.94. The second kappa shape index (κ2) is 9.85. The van der Waals surface area contributed by atoms with Crippen molar-refractivity contribution in [3.8, 4) is 11.8 Å². The van der Waals surface area contributed by atoms with Gasteiger partial charge in [-0.1, -0.05) is 37.8 Å². The Labute approximate surface area is 190 Å². The van der Waals surface area contributed by atoms with Crippen molar-refractivity contribution in [1.82, 2.24) is 9.80 Å². The van der Waals surface area contributed by atoms with E-state index in [0.29, 0.717) is 24.6 Å². The number of hydrogen-bond donors (Lipinski definition) is 1. The summed E-state index contributed by atoms with van der Waals surface area (Å²) >= 11 is 0. The summed E-state index contributed by atoms with van der Waals surface area (Å²) in [7, 11) is 0. The van der Waals surface area contributed by atoms with Gasteiger partial charge in [0.25, 0.3) is 5.91 Å². The predicted molar refractivity (Wildman–Crippen MR) is 124 cm³/mol. The van der Waals surface area contributed by atoms with Crippen LogP contribution < -0.4 is 0 Å². The monoisotopic (exact) mass is 434 g/mol. The third-order valence-corrected chi connectivity index (χ3v) is 6.55. The van der Waals surface area contributed by atoms with Crippen molar-refractivity contribution in [1.29, 1.82) is 0 Å². The number of halogens is 1. The lowest BCUT2D eigenvalue weighted by molar-refractivity contribution is -0.0606. The van der Waals surface area contributed by atoms with Gasteiger partial charge in [0.2, 0.25) is 0 Å². The summed E-state index contributed by atoms with van der Waals surface area (Å²) in [5.41, 5.74) is 2.68. The fraction of sp³-hybridized carbons (Fsp3) is 0.444. The summed E-state index contributed by atoms with van der Waals surface area (Å²) < 4.78 is 13.3. The Morgan fingerprint density at radius 2 is 1.78 bits per heavy atom. The van der Waals surface area contributed by atoms with Gasteiger partial charge in [0.15, 0.2) is 0 Å². The highest BCUT2D eigenvalue weighted by Crippen LogP contribution is 2.42. The topological polar surface area (TPSA) is 43.8 Å². The van der Waals surface area contributed by atoms with Crippen LogP contribution in [0.4, 0.5) is 4.39 Å². The second-order valence-electron chi connectivity index (χ2n) is 9.09. The molecule has 2 aliphatic heterocycles. The lowest BCUT2D eigenvalue weighted by Crippen LogP contribution is -2.67. The molecule has 32 heavy (non-hydrogen) atoms. The fourth-order valence-corrected chi connectivity index (χ4v) is 4.92. The van der Waals surface area contributed by atoms with Crippen LogP contribution in [-0.4, -0.2) is 59.1 Å². The Kier molecular flexibility index (Phi) is 6.93. The van der Waals surface area contributed by atoms with Crippen molar-refractivity contribution in [3.05, 3.63) is 71.0 Å². The standard InChI is InChI=1S/C27H31FN2O2/c1-19(2)5-6-20-7-9-21(10-8-20)26-24-17-29(15-3-4-16-30(24)25(26)18-31)27(32)22-11-13-23(28)14-12-22/h7-14,19,24-26,31H,3-4,15-18H2,1-2H3/t24-,25+,26+/m1/s1. The van der Waals surface area contributed by atoms with Crippen LogP contribution in [0.5, 0.6) is 0 Å². The Balaban J connectivity index is 1.55. The average Bonchev–Trinajstić information content (AvgIpc) is 2.77. The zero-order valence-corrected chi connectivity index (χ0v) is 18.8. The molecule has 1 amide bonds. The van der Waals surface area contributed by atoms with Crippen molar-refractivity contribution in [2.24, 2.45) is 5.92 Å². The minimum Gasteiger partial charge on any atom is -0.395 e. The first kappa shape index (κ1) is 22.5. The van der Waals surface area contributed by atoms with Crippen LogP contribution in [0, 0.1) is 23.6 Å². The van der Waals surface area contributed by atoms with E-state index in [-0.39, 0.29) is 36.3 Å². The molecule has 1 N–H and O–H groups in total. The van der Waals surface area contributed by atoms with Gasteiger partial charge in [-0.3, -0.25) is 9.69 Å². The number of hydrogen-bond acceptors (Lipinski definition) is 3. The van der Waals surface area contributed by atoms with Crippen molar-refractivity contribution in [2.45, 2.75) is 44.7 Å². The number of benzene rings is 2. The summed E-state index contributed by atoms with van der Waals surface area (Å²) in [6, 6.07) is 14.3. The molecule has 0 unspecified atom stereocenters. The molecule has 5 heteroatoms. The lowest BCUT2D eigenvalue weighted by atomic mass is 9.74. The summed E-state index contributed by atoms with van der Waals surface area (Å²) in [6.45, 7) is 6.48. The molecule has 4 nitrogen and oxygen atoms in total. The number of amides is 1. The minimum atomic E-state index is -0.341. The van der Waals surface area contributed by atoms with E-state index in [9.17, 15) is 14.3 Å². The molecule has 168 valence electrons. The number of rotatable bonds is 3. The highest BCUT2D eigenvalue weighted by Gasteiger charge is 2.49. The maximum atomic E-state index is 13.3. The van der Waals surface area contributed by atoms with E-state index in [4.69, 9.17) is 0 Å². The maximum absolute atomic E-state index is 13.3. The van der Waals surface area contributed by atoms with Crippen LogP contribution in [-0.2, 0) is 0 Å². The van der Waals surface area contributed by atoms with Crippen LogP contribution in [0.25, 0.3) is 0 Å². The predicted octanol–water partition coefficient (Wildman–Crippen LogP) is 3.90. The number of carbonyl (C=O) groups is 1. The molecule has 3 atom stereocenters. The Bertz CT molecular complexity index is 991. The van der Waals surface area contributed by atoms with Gasteiger partial charge in [-0.15, -0.1) is 0 Å². The first-order chi connectivity index (χ1) is 15.5. The second-order valence-corrected chi connectivity index (χ2v) is 9.09. The van der Waals surface area contributed by atoms with Gasteiger partial charge in [0, 0.05) is 48.1 Å². The van der Waals surface area contributed by atoms with E-state index in [0.717, 1.165) is 24.9 Å². The molecule has 0 aliphatic carbocycles.